The topological polar surface area (TPSA) is 114 Å². The molecule has 1 atom stereocenters. The summed E-state index contributed by atoms with van der Waals surface area (Å²) in [5.74, 6) is -0.708. The zero-order chi connectivity index (χ0) is 22.3. The molecule has 8 nitrogen and oxygen atoms in total. The van der Waals surface area contributed by atoms with Crippen molar-refractivity contribution < 1.29 is 22.7 Å². The van der Waals surface area contributed by atoms with E-state index in [1.54, 1.807) is 36.4 Å². The summed E-state index contributed by atoms with van der Waals surface area (Å²) in [4.78, 5) is 24.9. The van der Waals surface area contributed by atoms with Crippen LogP contribution in [0.1, 0.15) is 29.6 Å². The summed E-state index contributed by atoms with van der Waals surface area (Å²) in [6.45, 7) is 1.05. The number of nitrogens with one attached hydrogen (secondary N) is 3. The maximum absolute atomic E-state index is 12.5. The minimum absolute atomic E-state index is 0.0180. The lowest BCUT2D eigenvalue weighted by atomic mass is 10.1. The maximum atomic E-state index is 12.5. The van der Waals surface area contributed by atoms with Crippen molar-refractivity contribution in [1.82, 2.24) is 10.0 Å². The van der Waals surface area contributed by atoms with Gasteiger partial charge in [0.25, 0.3) is 5.91 Å². The van der Waals surface area contributed by atoms with Gasteiger partial charge in [-0.15, -0.1) is 0 Å². The number of hydrogen-bond acceptors (Lipinski definition) is 5. The fourth-order valence-corrected chi connectivity index (χ4v) is 4.40. The van der Waals surface area contributed by atoms with Crippen LogP contribution in [-0.4, -0.2) is 46.0 Å². The summed E-state index contributed by atoms with van der Waals surface area (Å²) in [7, 11) is -3.71. The highest BCUT2D eigenvalue weighted by atomic mass is 79.9. The van der Waals surface area contributed by atoms with Crippen molar-refractivity contribution >= 4 is 43.5 Å². The Labute approximate surface area is 189 Å². The molecular weight excluding hydrogens is 486 g/mol. The van der Waals surface area contributed by atoms with Crippen molar-refractivity contribution in [1.29, 1.82) is 0 Å². The van der Waals surface area contributed by atoms with Crippen LogP contribution in [0.15, 0.2) is 57.9 Å². The molecule has 1 aliphatic rings. The second kappa shape index (κ2) is 10.9. The Morgan fingerprint density at radius 1 is 1.10 bits per heavy atom. The molecule has 1 unspecified atom stereocenters. The van der Waals surface area contributed by atoms with E-state index in [0.717, 1.165) is 17.3 Å². The van der Waals surface area contributed by atoms with Gasteiger partial charge in [-0.05, 0) is 49.2 Å². The van der Waals surface area contributed by atoms with E-state index in [4.69, 9.17) is 4.74 Å². The van der Waals surface area contributed by atoms with Crippen molar-refractivity contribution in [2.45, 2.75) is 30.3 Å². The van der Waals surface area contributed by atoms with Crippen LogP contribution in [0.2, 0.25) is 0 Å². The van der Waals surface area contributed by atoms with Gasteiger partial charge < -0.3 is 15.4 Å². The van der Waals surface area contributed by atoms with Crippen molar-refractivity contribution in [2.75, 3.05) is 25.0 Å². The Kier molecular flexibility index (Phi) is 8.19. The van der Waals surface area contributed by atoms with Crippen LogP contribution in [-0.2, 0) is 19.6 Å². The smallest absolute Gasteiger partial charge is 0.253 e. The van der Waals surface area contributed by atoms with Gasteiger partial charge in [0.1, 0.15) is 0 Å². The molecule has 2 amide bonds. The Hall–Kier alpha value is -2.27. The minimum atomic E-state index is -3.71. The maximum Gasteiger partial charge on any atom is 0.253 e. The highest BCUT2D eigenvalue weighted by Crippen LogP contribution is 2.17. The van der Waals surface area contributed by atoms with Gasteiger partial charge in [0.2, 0.25) is 15.9 Å². The first kappa shape index (κ1) is 23.4. The molecule has 3 rings (SSSR count). The summed E-state index contributed by atoms with van der Waals surface area (Å²) < 4.78 is 33.2. The molecule has 0 bridgehead atoms. The molecule has 3 N–H and O–H groups in total. The molecule has 0 saturated carbocycles. The lowest BCUT2D eigenvalue weighted by Crippen LogP contribution is -2.32. The quantitative estimate of drug-likeness (QED) is 0.480. The van der Waals surface area contributed by atoms with Crippen molar-refractivity contribution in [2.24, 2.45) is 0 Å². The number of hydrogen-bond donors (Lipinski definition) is 3. The summed E-state index contributed by atoms with van der Waals surface area (Å²) in [6.07, 6.45) is 1.83. The number of rotatable bonds is 9. The third kappa shape index (κ3) is 6.86. The van der Waals surface area contributed by atoms with Gasteiger partial charge in [-0.1, -0.05) is 28.1 Å². The van der Waals surface area contributed by atoms with Crippen LogP contribution < -0.4 is 15.4 Å². The molecule has 2 aromatic carbocycles. The number of para-hydroxylation sites is 1. The third-order valence-corrected chi connectivity index (χ3v) is 6.73. The van der Waals surface area contributed by atoms with E-state index in [9.17, 15) is 18.0 Å². The standard InChI is InChI=1S/C21H24BrN3O5S/c22-15-7-9-17(10-8-15)31(28,29)24-12-11-20(26)25-19-6-2-1-5-18(19)21(27)23-14-16-4-3-13-30-16/h1-2,5-10,16,24H,3-4,11-14H2,(H,23,27)(H,25,26). The van der Waals surface area contributed by atoms with Gasteiger partial charge in [-0.25, -0.2) is 13.1 Å². The minimum Gasteiger partial charge on any atom is -0.376 e. The molecule has 0 spiro atoms. The monoisotopic (exact) mass is 509 g/mol. The highest BCUT2D eigenvalue weighted by Gasteiger charge is 2.19. The van der Waals surface area contributed by atoms with Crippen molar-refractivity contribution in [3.05, 3.63) is 58.6 Å². The van der Waals surface area contributed by atoms with E-state index >= 15 is 0 Å². The number of ether oxygens (including phenoxy) is 1. The number of benzene rings is 2. The molecular formula is C21H24BrN3O5S. The third-order valence-electron chi connectivity index (χ3n) is 4.73. The SMILES string of the molecule is O=C(CCNS(=O)(=O)c1ccc(Br)cc1)Nc1ccccc1C(=O)NCC1CCCO1. The van der Waals surface area contributed by atoms with Gasteiger partial charge >= 0.3 is 0 Å². The largest absolute Gasteiger partial charge is 0.376 e. The lowest BCUT2D eigenvalue weighted by molar-refractivity contribution is -0.116. The van der Waals surface area contributed by atoms with Crippen LogP contribution in [0.25, 0.3) is 0 Å². The molecule has 1 heterocycles. The van der Waals surface area contributed by atoms with Gasteiger partial charge in [-0.2, -0.15) is 0 Å². The average Bonchev–Trinajstić information content (AvgIpc) is 3.26. The Balaban J connectivity index is 1.52. The summed E-state index contributed by atoms with van der Waals surface area (Å²) in [5.41, 5.74) is 0.706. The predicted octanol–water partition coefficient (Wildman–Crippen LogP) is 2.67. The molecule has 0 radical (unpaired) electrons. The first-order valence-corrected chi connectivity index (χ1v) is 12.2. The molecule has 166 valence electrons. The van der Waals surface area contributed by atoms with Gasteiger partial charge in [0.05, 0.1) is 22.3 Å². The fraction of sp³-hybridized carbons (Fsp3) is 0.333. The number of sulfonamides is 1. The first-order chi connectivity index (χ1) is 14.8. The average molecular weight is 510 g/mol. The van der Waals surface area contributed by atoms with E-state index in [2.05, 4.69) is 31.3 Å². The van der Waals surface area contributed by atoms with E-state index in [1.165, 1.54) is 12.1 Å². The number of carbonyl (C=O) groups excluding carboxylic acids is 2. The van der Waals surface area contributed by atoms with Crippen LogP contribution in [0, 0.1) is 0 Å². The van der Waals surface area contributed by atoms with Crippen LogP contribution in [0.5, 0.6) is 0 Å². The van der Waals surface area contributed by atoms with Crippen LogP contribution >= 0.6 is 15.9 Å². The van der Waals surface area contributed by atoms with E-state index < -0.39 is 15.9 Å². The highest BCUT2D eigenvalue weighted by molar-refractivity contribution is 9.10. The molecule has 31 heavy (non-hydrogen) atoms. The Morgan fingerprint density at radius 2 is 1.84 bits per heavy atom. The summed E-state index contributed by atoms with van der Waals surface area (Å²) in [6, 6.07) is 12.9. The Morgan fingerprint density at radius 3 is 2.55 bits per heavy atom. The van der Waals surface area contributed by atoms with Gasteiger partial charge in [-0.3, -0.25) is 9.59 Å². The van der Waals surface area contributed by atoms with Crippen molar-refractivity contribution in [3.8, 4) is 0 Å². The van der Waals surface area contributed by atoms with E-state index in [1.807, 2.05) is 0 Å². The molecule has 1 aliphatic heterocycles. The Bertz CT molecular complexity index is 1020. The molecule has 1 saturated heterocycles. The van der Waals surface area contributed by atoms with Gasteiger partial charge in [0, 0.05) is 30.6 Å². The number of amides is 2. The van der Waals surface area contributed by atoms with Crippen molar-refractivity contribution in [3.63, 3.8) is 0 Å². The molecule has 10 heteroatoms. The fourth-order valence-electron chi connectivity index (χ4n) is 3.11. The summed E-state index contributed by atoms with van der Waals surface area (Å²) >= 11 is 3.26. The van der Waals surface area contributed by atoms with Crippen LogP contribution in [0.4, 0.5) is 5.69 Å². The van der Waals surface area contributed by atoms with E-state index in [0.29, 0.717) is 24.4 Å². The molecule has 2 aromatic rings. The molecule has 1 fully saturated rings. The predicted molar refractivity (Wildman–Crippen MR) is 120 cm³/mol. The van der Waals surface area contributed by atoms with Gasteiger partial charge in [0.15, 0.2) is 0 Å². The number of halogens is 1. The number of anilines is 1. The second-order valence-electron chi connectivity index (χ2n) is 7.04. The summed E-state index contributed by atoms with van der Waals surface area (Å²) in [5, 5.41) is 5.51. The second-order valence-corrected chi connectivity index (χ2v) is 9.72. The normalized spacial score (nSPS) is 16.1. The first-order valence-electron chi connectivity index (χ1n) is 9.89. The zero-order valence-electron chi connectivity index (χ0n) is 16.8. The zero-order valence-corrected chi connectivity index (χ0v) is 19.2. The lowest BCUT2D eigenvalue weighted by Gasteiger charge is -2.14. The molecule has 0 aliphatic carbocycles. The molecule has 0 aromatic heterocycles. The number of carbonyl (C=O) groups is 2. The van der Waals surface area contributed by atoms with E-state index in [-0.39, 0.29) is 29.9 Å². The van der Waals surface area contributed by atoms with Crippen LogP contribution in [0.3, 0.4) is 0 Å².